The molecule has 2 unspecified atom stereocenters. The Morgan fingerprint density at radius 2 is 1.32 bits per heavy atom. The number of rotatable bonds is 7. The Bertz CT molecular complexity index is 1240. The molecule has 11 heteroatoms. The third-order valence-electron chi connectivity index (χ3n) is 8.35. The van der Waals surface area contributed by atoms with Gasteiger partial charge in [0.05, 0.1) is 41.1 Å². The predicted octanol–water partition coefficient (Wildman–Crippen LogP) is 3.81. The second kappa shape index (κ2) is 16.4. The molecule has 0 aliphatic carbocycles. The van der Waals surface area contributed by atoms with Crippen LogP contribution in [-0.2, 0) is 11.2 Å². The van der Waals surface area contributed by atoms with E-state index in [-0.39, 0.29) is 12.0 Å². The normalized spacial score (nSPS) is 21.6. The number of hydrogen-bond donors (Lipinski definition) is 1. The maximum absolute atomic E-state index is 13.5. The molecule has 242 valence electrons. The molecule has 2 aromatic rings. The van der Waals surface area contributed by atoms with Crippen LogP contribution in [0, 0.1) is 0 Å². The van der Waals surface area contributed by atoms with Crippen molar-refractivity contribution in [3.05, 3.63) is 41.0 Å². The molecule has 0 aromatic heterocycles. The van der Waals surface area contributed by atoms with E-state index in [2.05, 4.69) is 15.1 Å². The minimum absolute atomic E-state index is 0.132. The number of amides is 1. The van der Waals surface area contributed by atoms with Crippen LogP contribution in [0.3, 0.4) is 0 Å². The van der Waals surface area contributed by atoms with Gasteiger partial charge in [0.25, 0.3) is 5.91 Å². The molecule has 1 amide bonds. The van der Waals surface area contributed by atoms with Crippen LogP contribution >= 0.6 is 0 Å². The smallest absolute Gasteiger partial charge is 0.338 e. The number of hydrogen-bond acceptors (Lipinski definition) is 10. The number of ether oxygens (including phenoxy) is 6. The van der Waals surface area contributed by atoms with Gasteiger partial charge in [-0.15, -0.1) is 0 Å². The summed E-state index contributed by atoms with van der Waals surface area (Å²) in [5.74, 6) is 1.74. The number of carbonyl (C=O) groups excluding carboxylic acids is 2. The molecule has 2 aliphatic heterocycles. The van der Waals surface area contributed by atoms with Crippen molar-refractivity contribution in [2.75, 3.05) is 81.4 Å². The minimum Gasteiger partial charge on any atom is -0.493 e. The molecule has 11 nitrogen and oxygen atoms in total. The lowest BCUT2D eigenvalue weighted by atomic mass is 10.00. The second-order valence-electron chi connectivity index (χ2n) is 11.1. The van der Waals surface area contributed by atoms with E-state index in [1.165, 1.54) is 21.3 Å². The molecular weight excluding hydrogens is 566 g/mol. The average molecular weight is 614 g/mol. The van der Waals surface area contributed by atoms with E-state index in [1.54, 1.807) is 32.4 Å². The highest BCUT2D eigenvalue weighted by Gasteiger charge is 2.24. The zero-order valence-corrected chi connectivity index (χ0v) is 26.7. The lowest BCUT2D eigenvalue weighted by Crippen LogP contribution is -2.34. The highest BCUT2D eigenvalue weighted by atomic mass is 16.5. The third-order valence-corrected chi connectivity index (χ3v) is 8.35. The van der Waals surface area contributed by atoms with Gasteiger partial charge in [0.2, 0.25) is 5.75 Å². The number of nitrogens with one attached hydrogen (secondary N) is 1. The molecule has 2 aromatic carbocycles. The monoisotopic (exact) mass is 613 g/mol. The summed E-state index contributed by atoms with van der Waals surface area (Å²) < 4.78 is 33.7. The summed E-state index contributed by atoms with van der Waals surface area (Å²) in [5.41, 5.74) is 1.74. The van der Waals surface area contributed by atoms with Gasteiger partial charge in [0.1, 0.15) is 6.10 Å². The fourth-order valence-corrected chi connectivity index (χ4v) is 5.97. The molecule has 0 radical (unpaired) electrons. The third kappa shape index (κ3) is 8.47. The van der Waals surface area contributed by atoms with E-state index in [1.807, 2.05) is 6.07 Å². The zero-order chi connectivity index (χ0) is 31.5. The maximum Gasteiger partial charge on any atom is 0.338 e. The fraction of sp³-hybridized carbons (Fsp3) is 0.576. The van der Waals surface area contributed by atoms with Crippen molar-refractivity contribution in [3.8, 4) is 28.7 Å². The van der Waals surface area contributed by atoms with Gasteiger partial charge in [-0.25, -0.2) is 4.79 Å². The number of aryl methyl sites for hydroxylation is 1. The number of carbonyl (C=O) groups is 2. The second-order valence-corrected chi connectivity index (χ2v) is 11.1. The van der Waals surface area contributed by atoms with Gasteiger partial charge in [0.15, 0.2) is 23.0 Å². The first-order valence-electron chi connectivity index (χ1n) is 15.4. The summed E-state index contributed by atoms with van der Waals surface area (Å²) in [5, 5.41) is 3.07. The number of benzene rings is 2. The van der Waals surface area contributed by atoms with Crippen molar-refractivity contribution < 1.29 is 38.0 Å². The summed E-state index contributed by atoms with van der Waals surface area (Å²) >= 11 is 0. The van der Waals surface area contributed by atoms with E-state index in [0.29, 0.717) is 72.1 Å². The lowest BCUT2D eigenvalue weighted by Gasteiger charge is -2.25. The predicted molar refractivity (Wildman–Crippen MR) is 167 cm³/mol. The molecule has 1 saturated heterocycles. The number of fused-ring (bicyclic) bond motifs is 5. The van der Waals surface area contributed by atoms with Gasteiger partial charge in [0, 0.05) is 31.7 Å². The molecule has 2 heterocycles. The van der Waals surface area contributed by atoms with Gasteiger partial charge in [-0.1, -0.05) is 0 Å². The average Bonchev–Trinajstić information content (AvgIpc) is 3.28. The summed E-state index contributed by atoms with van der Waals surface area (Å²) in [6, 6.07) is 6.82. The molecule has 2 aliphatic rings. The first kappa shape index (κ1) is 33.2. The SMILES string of the molecule is COc1cc2cc(c1OC)CCC[C@@H](OC(=O)c1cc(OC)c(OC)c(OC)c1)CCN1CCCN(CCCNC2=O)CC1. The van der Waals surface area contributed by atoms with Crippen molar-refractivity contribution >= 4 is 11.9 Å². The molecular formula is C33H47N3O8. The van der Waals surface area contributed by atoms with Crippen LogP contribution in [0.15, 0.2) is 24.3 Å². The Hall–Kier alpha value is -3.70. The summed E-state index contributed by atoms with van der Waals surface area (Å²) in [4.78, 5) is 31.5. The number of esters is 1. The highest BCUT2D eigenvalue weighted by Crippen LogP contribution is 2.39. The lowest BCUT2D eigenvalue weighted by molar-refractivity contribution is 0.0230. The van der Waals surface area contributed by atoms with E-state index < -0.39 is 5.97 Å². The van der Waals surface area contributed by atoms with Crippen LogP contribution in [0.1, 0.15) is 58.4 Å². The first-order valence-corrected chi connectivity index (χ1v) is 15.4. The van der Waals surface area contributed by atoms with Crippen molar-refractivity contribution in [1.29, 1.82) is 0 Å². The van der Waals surface area contributed by atoms with Gasteiger partial charge in [-0.2, -0.15) is 0 Å². The van der Waals surface area contributed by atoms with Gasteiger partial charge in [-0.3, -0.25) is 4.79 Å². The molecule has 4 rings (SSSR count). The largest absolute Gasteiger partial charge is 0.493 e. The van der Waals surface area contributed by atoms with Crippen molar-refractivity contribution in [2.24, 2.45) is 0 Å². The Morgan fingerprint density at radius 1 is 0.705 bits per heavy atom. The maximum atomic E-state index is 13.5. The fourth-order valence-electron chi connectivity index (χ4n) is 5.97. The highest BCUT2D eigenvalue weighted by molar-refractivity contribution is 5.95. The molecule has 1 N–H and O–H groups in total. The summed E-state index contributed by atoms with van der Waals surface area (Å²) in [7, 11) is 7.73. The van der Waals surface area contributed by atoms with Crippen molar-refractivity contribution in [2.45, 2.75) is 44.6 Å². The molecule has 1 fully saturated rings. The van der Waals surface area contributed by atoms with Crippen LogP contribution < -0.4 is 29.0 Å². The number of methoxy groups -OCH3 is 5. The Kier molecular flexibility index (Phi) is 12.4. The van der Waals surface area contributed by atoms with Crippen LogP contribution in [0.25, 0.3) is 0 Å². The van der Waals surface area contributed by atoms with E-state index in [9.17, 15) is 9.59 Å². The molecule has 0 spiro atoms. The van der Waals surface area contributed by atoms with Crippen molar-refractivity contribution in [1.82, 2.24) is 15.1 Å². The van der Waals surface area contributed by atoms with E-state index in [0.717, 1.165) is 57.7 Å². The van der Waals surface area contributed by atoms with Crippen LogP contribution in [0.2, 0.25) is 0 Å². The first-order chi connectivity index (χ1) is 21.4. The van der Waals surface area contributed by atoms with Crippen LogP contribution in [-0.4, -0.2) is 109 Å². The quantitative estimate of drug-likeness (QED) is 0.464. The van der Waals surface area contributed by atoms with E-state index in [4.69, 9.17) is 28.4 Å². The van der Waals surface area contributed by atoms with E-state index >= 15 is 0 Å². The summed E-state index contributed by atoms with van der Waals surface area (Å²) in [6.45, 7) is 6.35. The molecule has 3 atom stereocenters. The molecule has 4 bridgehead atoms. The van der Waals surface area contributed by atoms with Crippen LogP contribution in [0.5, 0.6) is 28.7 Å². The summed E-state index contributed by atoms with van der Waals surface area (Å²) in [6.07, 6.45) is 4.32. The number of nitrogens with zero attached hydrogens (tertiary/aromatic N) is 2. The van der Waals surface area contributed by atoms with Gasteiger partial charge < -0.3 is 43.5 Å². The Morgan fingerprint density at radius 3 is 1.95 bits per heavy atom. The van der Waals surface area contributed by atoms with Crippen LogP contribution in [0.4, 0.5) is 0 Å². The molecule has 44 heavy (non-hydrogen) atoms. The van der Waals surface area contributed by atoms with Gasteiger partial charge >= 0.3 is 5.97 Å². The topological polar surface area (TPSA) is 108 Å². The van der Waals surface area contributed by atoms with Crippen molar-refractivity contribution in [3.63, 3.8) is 0 Å². The zero-order valence-electron chi connectivity index (χ0n) is 26.7. The Balaban J connectivity index is 1.58. The standard InChI is InChI=1S/C33H47N3O8/c1-39-27-20-24-19-23(30(27)42-4)9-6-10-26(44-33(38)25-21-28(40-2)31(43-5)29(22-25)41-3)11-16-36-15-8-14-35(17-18-36)13-7-12-34-32(24)37/h19-22,26H,6-18H2,1-5H3,(H,34,37)/t26-/m1/s1. The van der Waals surface area contributed by atoms with Gasteiger partial charge in [-0.05, 0) is 88.0 Å². The minimum atomic E-state index is -0.448. The molecule has 0 saturated carbocycles. The Labute approximate surface area is 260 Å².